The number of hydrogen-bond acceptors (Lipinski definition) is 7. The average Bonchev–Trinajstić information content (AvgIpc) is 3.20. The van der Waals surface area contributed by atoms with Crippen LogP contribution in [0.3, 0.4) is 0 Å². The Balaban J connectivity index is 1.42. The minimum atomic E-state index is -0.390. The lowest BCUT2D eigenvalue weighted by Crippen LogP contribution is -2.15. The van der Waals surface area contributed by atoms with Gasteiger partial charge in [0, 0.05) is 23.9 Å². The van der Waals surface area contributed by atoms with Gasteiger partial charge in [0.15, 0.2) is 17.3 Å². The molecule has 0 spiro atoms. The first kappa shape index (κ1) is 18.4. The van der Waals surface area contributed by atoms with Gasteiger partial charge in [-0.1, -0.05) is 18.2 Å². The van der Waals surface area contributed by atoms with Gasteiger partial charge in [-0.15, -0.1) is 0 Å². The van der Waals surface area contributed by atoms with Crippen LogP contribution in [-0.4, -0.2) is 28.5 Å². The van der Waals surface area contributed by atoms with Crippen LogP contribution in [0.15, 0.2) is 54.9 Å². The second kappa shape index (κ2) is 7.97. The van der Waals surface area contributed by atoms with E-state index in [1.165, 1.54) is 13.3 Å². The molecule has 0 radical (unpaired) electrons. The quantitative estimate of drug-likeness (QED) is 0.623. The fourth-order valence-electron chi connectivity index (χ4n) is 2.83. The summed E-state index contributed by atoms with van der Waals surface area (Å²) in [5.74, 6) is 1.49. The minimum absolute atomic E-state index is 0.0712. The Kier molecular flexibility index (Phi) is 5.07. The number of anilines is 2. The number of fused-ring (bicyclic) bond motifs is 1. The molecule has 0 saturated heterocycles. The molecule has 0 atom stereocenters. The molecule has 1 aromatic heterocycles. The van der Waals surface area contributed by atoms with E-state index in [1.807, 2.05) is 18.2 Å². The molecular weight excluding hydrogens is 372 g/mol. The third-order valence-corrected chi connectivity index (χ3v) is 4.34. The second-order valence-electron chi connectivity index (χ2n) is 6.42. The molecule has 3 aromatic rings. The molecule has 0 aliphatic carbocycles. The topological polar surface area (TPSA) is 102 Å². The van der Waals surface area contributed by atoms with E-state index in [0.29, 0.717) is 29.4 Å². The van der Waals surface area contributed by atoms with Crippen LogP contribution >= 0.6 is 0 Å². The van der Waals surface area contributed by atoms with Crippen molar-refractivity contribution < 1.29 is 19.1 Å². The monoisotopic (exact) mass is 390 g/mol. The van der Waals surface area contributed by atoms with Crippen molar-refractivity contribution in [3.05, 3.63) is 71.7 Å². The van der Waals surface area contributed by atoms with Crippen LogP contribution in [-0.2, 0) is 6.54 Å². The summed E-state index contributed by atoms with van der Waals surface area (Å²) in [7, 11) is 0. The van der Waals surface area contributed by atoms with Crippen LogP contribution < -0.4 is 20.1 Å². The van der Waals surface area contributed by atoms with Crippen molar-refractivity contribution >= 4 is 23.2 Å². The second-order valence-corrected chi connectivity index (χ2v) is 6.42. The predicted molar refractivity (Wildman–Crippen MR) is 106 cm³/mol. The lowest BCUT2D eigenvalue weighted by atomic mass is 10.1. The molecule has 0 saturated carbocycles. The Hall–Kier alpha value is -3.94. The molecule has 4 rings (SSSR count). The van der Waals surface area contributed by atoms with Crippen molar-refractivity contribution in [2.24, 2.45) is 0 Å². The van der Waals surface area contributed by atoms with Gasteiger partial charge in [-0.2, -0.15) is 0 Å². The molecule has 146 valence electrons. The fraction of sp³-hybridized carbons (Fsp3) is 0.143. The summed E-state index contributed by atoms with van der Waals surface area (Å²) < 4.78 is 10.7. The van der Waals surface area contributed by atoms with E-state index >= 15 is 0 Å². The molecular formula is C21H18N4O4. The first-order valence-corrected chi connectivity index (χ1v) is 8.95. The first-order valence-electron chi connectivity index (χ1n) is 8.95. The molecule has 29 heavy (non-hydrogen) atoms. The van der Waals surface area contributed by atoms with Gasteiger partial charge in [-0.05, 0) is 36.8 Å². The molecule has 2 heterocycles. The van der Waals surface area contributed by atoms with E-state index < -0.39 is 0 Å². The number of carbonyl (C=O) groups excluding carboxylic acids is 2. The number of ketones is 1. The van der Waals surface area contributed by atoms with Crippen molar-refractivity contribution in [1.82, 2.24) is 9.97 Å². The molecule has 0 bridgehead atoms. The van der Waals surface area contributed by atoms with Gasteiger partial charge in [0.05, 0.1) is 0 Å². The van der Waals surface area contributed by atoms with E-state index in [0.717, 1.165) is 11.3 Å². The molecule has 0 unspecified atom stereocenters. The molecule has 8 heteroatoms. The molecule has 8 nitrogen and oxygen atoms in total. The number of amides is 1. The zero-order valence-corrected chi connectivity index (χ0v) is 15.6. The molecule has 0 fully saturated rings. The van der Waals surface area contributed by atoms with Gasteiger partial charge < -0.3 is 20.1 Å². The number of carbonyl (C=O) groups is 2. The summed E-state index contributed by atoms with van der Waals surface area (Å²) >= 11 is 0. The highest BCUT2D eigenvalue weighted by Crippen LogP contribution is 2.32. The molecule has 1 aliphatic heterocycles. The van der Waals surface area contributed by atoms with E-state index in [1.54, 1.807) is 30.3 Å². The maximum atomic E-state index is 12.5. The largest absolute Gasteiger partial charge is 0.454 e. The summed E-state index contributed by atoms with van der Waals surface area (Å²) in [4.78, 5) is 32.2. The number of benzene rings is 2. The normalized spacial score (nSPS) is 11.8. The summed E-state index contributed by atoms with van der Waals surface area (Å²) in [6.07, 6.45) is 1.32. The number of nitrogens with one attached hydrogen (secondary N) is 2. The van der Waals surface area contributed by atoms with Gasteiger partial charge in [0.1, 0.15) is 17.8 Å². The Labute approximate surface area is 166 Å². The van der Waals surface area contributed by atoms with Crippen LogP contribution in [0, 0.1) is 0 Å². The minimum Gasteiger partial charge on any atom is -0.454 e. The van der Waals surface area contributed by atoms with E-state index in [9.17, 15) is 9.59 Å². The third-order valence-electron chi connectivity index (χ3n) is 4.34. The average molecular weight is 390 g/mol. The molecule has 1 aliphatic rings. The van der Waals surface area contributed by atoms with Crippen molar-refractivity contribution in [3.63, 3.8) is 0 Å². The smallest absolute Gasteiger partial charge is 0.274 e. The van der Waals surface area contributed by atoms with E-state index in [-0.39, 0.29) is 24.2 Å². The van der Waals surface area contributed by atoms with Crippen LogP contribution in [0.25, 0.3) is 0 Å². The van der Waals surface area contributed by atoms with Crippen LogP contribution in [0.1, 0.15) is 33.3 Å². The standard InChI is InChI=1S/C21H18N4O4/c1-13(26)15-3-2-4-16(8-15)25-21(27)17-9-20(24-11-23-17)22-10-14-5-6-18-19(7-14)29-12-28-18/h2-9,11H,10,12H2,1H3,(H,25,27)(H,22,23,24). The van der Waals surface area contributed by atoms with Gasteiger partial charge in [0.2, 0.25) is 6.79 Å². The van der Waals surface area contributed by atoms with Gasteiger partial charge in [0.25, 0.3) is 5.91 Å². The fourth-order valence-corrected chi connectivity index (χ4v) is 2.83. The maximum Gasteiger partial charge on any atom is 0.274 e. The predicted octanol–water partition coefficient (Wildman–Crippen LogP) is 3.27. The Morgan fingerprint density at radius 2 is 1.90 bits per heavy atom. The number of nitrogens with zero attached hydrogens (tertiary/aromatic N) is 2. The molecule has 2 N–H and O–H groups in total. The van der Waals surface area contributed by atoms with Crippen LogP contribution in [0.2, 0.25) is 0 Å². The maximum absolute atomic E-state index is 12.5. The van der Waals surface area contributed by atoms with Crippen molar-refractivity contribution in [3.8, 4) is 11.5 Å². The van der Waals surface area contributed by atoms with Crippen molar-refractivity contribution in [1.29, 1.82) is 0 Å². The highest BCUT2D eigenvalue weighted by Gasteiger charge is 2.14. The van der Waals surface area contributed by atoms with Crippen LogP contribution in [0.5, 0.6) is 11.5 Å². The Morgan fingerprint density at radius 3 is 2.76 bits per heavy atom. The van der Waals surface area contributed by atoms with E-state index in [4.69, 9.17) is 9.47 Å². The SMILES string of the molecule is CC(=O)c1cccc(NC(=O)c2cc(NCc3ccc4c(c3)OCO4)ncn2)c1. The number of rotatable bonds is 6. The highest BCUT2D eigenvalue weighted by molar-refractivity contribution is 6.04. The number of aromatic nitrogens is 2. The summed E-state index contributed by atoms with van der Waals surface area (Å²) in [5, 5.41) is 5.91. The van der Waals surface area contributed by atoms with Crippen molar-refractivity contribution in [2.75, 3.05) is 17.4 Å². The van der Waals surface area contributed by atoms with Gasteiger partial charge >= 0.3 is 0 Å². The third kappa shape index (κ3) is 4.32. The number of Topliss-reactive ketones (excluding diaryl/α,β-unsaturated/α-hetero) is 1. The Bertz CT molecular complexity index is 1080. The van der Waals surface area contributed by atoms with Crippen molar-refractivity contribution in [2.45, 2.75) is 13.5 Å². The summed E-state index contributed by atoms with van der Waals surface area (Å²) in [5.41, 5.74) is 2.24. The number of hydrogen-bond donors (Lipinski definition) is 2. The zero-order valence-electron chi connectivity index (χ0n) is 15.6. The first-order chi connectivity index (χ1) is 14.1. The molecule has 1 amide bonds. The summed E-state index contributed by atoms with van der Waals surface area (Å²) in [6, 6.07) is 14.0. The highest BCUT2D eigenvalue weighted by atomic mass is 16.7. The van der Waals surface area contributed by atoms with Gasteiger partial charge in [-0.25, -0.2) is 9.97 Å². The van der Waals surface area contributed by atoms with Gasteiger partial charge in [-0.3, -0.25) is 9.59 Å². The zero-order chi connectivity index (χ0) is 20.2. The van der Waals surface area contributed by atoms with Crippen LogP contribution in [0.4, 0.5) is 11.5 Å². The summed E-state index contributed by atoms with van der Waals surface area (Å²) in [6.45, 7) is 2.20. The number of ether oxygens (including phenoxy) is 2. The Morgan fingerprint density at radius 1 is 1.03 bits per heavy atom. The lowest BCUT2D eigenvalue weighted by molar-refractivity contribution is 0.100. The van der Waals surface area contributed by atoms with E-state index in [2.05, 4.69) is 20.6 Å². The molecule has 2 aromatic carbocycles. The lowest BCUT2D eigenvalue weighted by Gasteiger charge is -2.09.